The molecule has 0 heterocycles. The average molecular weight is 203 g/mol. The Labute approximate surface area is 76.8 Å². The van der Waals surface area contributed by atoms with Crippen molar-refractivity contribution in [2.75, 3.05) is 0 Å². The number of hydrogen-bond donors (Lipinski definition) is 1. The maximum atomic E-state index is 9.75. The highest BCUT2D eigenvalue weighted by molar-refractivity contribution is 6.50. The van der Waals surface area contributed by atoms with E-state index >= 15 is 0 Å². The molecule has 1 unspecified atom stereocenters. The van der Waals surface area contributed by atoms with Gasteiger partial charge in [-0.05, 0) is 20.3 Å². The molecule has 13 heavy (non-hydrogen) atoms. The summed E-state index contributed by atoms with van der Waals surface area (Å²) in [5, 5.41) is 0. The van der Waals surface area contributed by atoms with Gasteiger partial charge in [-0.25, -0.2) is 0 Å². The first-order valence-corrected chi connectivity index (χ1v) is 4.21. The summed E-state index contributed by atoms with van der Waals surface area (Å²) in [4.78, 5) is 0. The van der Waals surface area contributed by atoms with Crippen LogP contribution in [-0.2, 0) is 0 Å². The van der Waals surface area contributed by atoms with Crippen molar-refractivity contribution in [1.82, 2.24) is 0 Å². The van der Waals surface area contributed by atoms with Crippen LogP contribution in [0.5, 0.6) is 0 Å². The molecule has 0 aromatic rings. The second kappa shape index (κ2) is 5.47. The lowest BCUT2D eigenvalue weighted by atomic mass is 9.88. The second-order valence-electron chi connectivity index (χ2n) is 3.79. The summed E-state index contributed by atoms with van der Waals surface area (Å²) in [5.41, 5.74) is 4.30. The molecule has 0 radical (unpaired) electrons. The zero-order valence-corrected chi connectivity index (χ0v) is 8.58. The smallest absolute Gasteiger partial charge is 0.418 e. The van der Waals surface area contributed by atoms with E-state index in [0.29, 0.717) is 0 Å². The van der Waals surface area contributed by atoms with Gasteiger partial charge in [-0.2, -0.15) is 0 Å². The SMILES string of the molecule is CCC(C)C(C)(C)[NH3+].F[B-](F)(F)F. The molecule has 0 aliphatic carbocycles. The summed E-state index contributed by atoms with van der Waals surface area (Å²) < 4.78 is 39.0. The quantitative estimate of drug-likeness (QED) is 0.527. The van der Waals surface area contributed by atoms with Gasteiger partial charge in [-0.3, -0.25) is 0 Å². The Morgan fingerprint density at radius 1 is 1.23 bits per heavy atom. The van der Waals surface area contributed by atoms with Crippen LogP contribution >= 0.6 is 0 Å². The third-order valence-corrected chi connectivity index (χ3v) is 1.95. The van der Waals surface area contributed by atoms with Crippen LogP contribution in [0, 0.1) is 5.92 Å². The third-order valence-electron chi connectivity index (χ3n) is 1.95. The Morgan fingerprint density at radius 2 is 1.46 bits per heavy atom. The Morgan fingerprint density at radius 3 is 1.46 bits per heavy atom. The first-order chi connectivity index (χ1) is 5.48. The van der Waals surface area contributed by atoms with E-state index < -0.39 is 7.25 Å². The van der Waals surface area contributed by atoms with Crippen LogP contribution in [0.4, 0.5) is 17.3 Å². The van der Waals surface area contributed by atoms with E-state index in [1.165, 1.54) is 6.42 Å². The predicted molar refractivity (Wildman–Crippen MR) is 46.6 cm³/mol. The molecule has 0 saturated heterocycles. The molecule has 0 spiro atoms. The van der Waals surface area contributed by atoms with Gasteiger partial charge in [-0.15, -0.1) is 0 Å². The maximum Gasteiger partial charge on any atom is 0.673 e. The van der Waals surface area contributed by atoms with Gasteiger partial charge >= 0.3 is 7.25 Å². The molecule has 0 amide bonds. The van der Waals surface area contributed by atoms with Crippen molar-refractivity contribution in [1.29, 1.82) is 0 Å². The Hall–Kier alpha value is -0.255. The van der Waals surface area contributed by atoms with Gasteiger partial charge in [0.25, 0.3) is 0 Å². The van der Waals surface area contributed by atoms with Gasteiger partial charge in [0, 0.05) is 5.92 Å². The minimum absolute atomic E-state index is 0.259. The number of quaternary nitrogens is 1. The molecule has 0 aromatic carbocycles. The van der Waals surface area contributed by atoms with Crippen molar-refractivity contribution in [3.8, 4) is 0 Å². The van der Waals surface area contributed by atoms with Gasteiger partial charge in [-0.1, -0.05) is 13.8 Å². The Bertz CT molecular complexity index is 123. The van der Waals surface area contributed by atoms with E-state index in [-0.39, 0.29) is 5.54 Å². The fraction of sp³-hybridized carbons (Fsp3) is 1.00. The van der Waals surface area contributed by atoms with Crippen LogP contribution < -0.4 is 5.73 Å². The molecule has 6 heteroatoms. The van der Waals surface area contributed by atoms with E-state index in [0.717, 1.165) is 5.92 Å². The van der Waals surface area contributed by atoms with Gasteiger partial charge in [0.05, 0.1) is 5.54 Å². The maximum absolute atomic E-state index is 9.75. The minimum atomic E-state index is -6.00. The van der Waals surface area contributed by atoms with Crippen LogP contribution in [0.2, 0.25) is 0 Å². The Kier molecular flexibility index (Phi) is 6.41. The molecule has 0 saturated carbocycles. The fourth-order valence-corrected chi connectivity index (χ4v) is 0.553. The van der Waals surface area contributed by atoms with Crippen molar-refractivity contribution >= 4 is 7.25 Å². The molecule has 1 atom stereocenters. The van der Waals surface area contributed by atoms with Gasteiger partial charge in [0.15, 0.2) is 0 Å². The highest BCUT2D eigenvalue weighted by atomic mass is 19.5. The van der Waals surface area contributed by atoms with E-state index in [1.54, 1.807) is 0 Å². The van der Waals surface area contributed by atoms with Crippen LogP contribution in [-0.4, -0.2) is 12.8 Å². The molecule has 0 fully saturated rings. The largest absolute Gasteiger partial charge is 0.673 e. The first kappa shape index (κ1) is 15.2. The highest BCUT2D eigenvalue weighted by Gasteiger charge is 2.22. The van der Waals surface area contributed by atoms with Crippen LogP contribution in [0.15, 0.2) is 0 Å². The van der Waals surface area contributed by atoms with E-state index in [1.807, 2.05) is 0 Å². The zero-order chi connectivity index (χ0) is 11.3. The fourth-order valence-electron chi connectivity index (χ4n) is 0.553. The lowest BCUT2D eigenvalue weighted by Crippen LogP contribution is -2.72. The standard InChI is InChI=1S/C7H17N.BF4/c1-5-6(2)7(3,4)8;2-1(3,4)5/h6H,5,8H2,1-4H3;/q;-1/p+1. The third kappa shape index (κ3) is 18.6. The molecule has 0 aromatic heterocycles. The van der Waals surface area contributed by atoms with Crippen molar-refractivity contribution in [2.45, 2.75) is 39.7 Å². The summed E-state index contributed by atoms with van der Waals surface area (Å²) in [6.45, 7) is 8.81. The summed E-state index contributed by atoms with van der Waals surface area (Å²) >= 11 is 0. The first-order valence-electron chi connectivity index (χ1n) is 4.21. The molecule has 3 N–H and O–H groups in total. The van der Waals surface area contributed by atoms with Gasteiger partial charge in [0.1, 0.15) is 0 Å². The summed E-state index contributed by atoms with van der Waals surface area (Å²) in [6.07, 6.45) is 1.23. The summed E-state index contributed by atoms with van der Waals surface area (Å²) in [7, 11) is -6.00. The highest BCUT2D eigenvalue weighted by Crippen LogP contribution is 2.13. The molecule has 0 aliphatic heterocycles. The lowest BCUT2D eigenvalue weighted by molar-refractivity contribution is -0.479. The zero-order valence-electron chi connectivity index (χ0n) is 8.58. The van der Waals surface area contributed by atoms with Crippen LogP contribution in [0.1, 0.15) is 34.1 Å². The molecular formula is C7H18BF4N. The van der Waals surface area contributed by atoms with Crippen molar-refractivity contribution in [3.63, 3.8) is 0 Å². The van der Waals surface area contributed by atoms with Gasteiger partial charge < -0.3 is 23.0 Å². The molecule has 82 valence electrons. The lowest BCUT2D eigenvalue weighted by Gasteiger charge is -2.21. The van der Waals surface area contributed by atoms with Crippen molar-refractivity contribution < 1.29 is 23.0 Å². The molecule has 0 bridgehead atoms. The van der Waals surface area contributed by atoms with Gasteiger partial charge in [0.2, 0.25) is 0 Å². The van der Waals surface area contributed by atoms with Crippen molar-refractivity contribution in [3.05, 3.63) is 0 Å². The molecule has 0 aliphatic rings. The average Bonchev–Trinajstić information content (AvgIpc) is 1.80. The topological polar surface area (TPSA) is 27.6 Å². The summed E-state index contributed by atoms with van der Waals surface area (Å²) in [6, 6.07) is 0. The predicted octanol–water partition coefficient (Wildman–Crippen LogP) is 2.35. The van der Waals surface area contributed by atoms with E-state index in [4.69, 9.17) is 0 Å². The van der Waals surface area contributed by atoms with E-state index in [2.05, 4.69) is 33.4 Å². The number of halogens is 4. The molecular weight excluding hydrogens is 185 g/mol. The second-order valence-corrected chi connectivity index (χ2v) is 3.79. The van der Waals surface area contributed by atoms with Crippen molar-refractivity contribution in [2.24, 2.45) is 5.92 Å². The van der Waals surface area contributed by atoms with Crippen LogP contribution in [0.3, 0.4) is 0 Å². The molecule has 1 nitrogen and oxygen atoms in total. The monoisotopic (exact) mass is 203 g/mol. The Balaban J connectivity index is 0. The minimum Gasteiger partial charge on any atom is -0.418 e. The summed E-state index contributed by atoms with van der Waals surface area (Å²) in [5.74, 6) is 0.738. The normalized spacial score (nSPS) is 14.5. The number of hydrogen-bond acceptors (Lipinski definition) is 0. The van der Waals surface area contributed by atoms with Crippen LogP contribution in [0.25, 0.3) is 0 Å². The molecule has 0 rings (SSSR count). The van der Waals surface area contributed by atoms with E-state index in [9.17, 15) is 17.3 Å². The number of rotatable bonds is 2.